The molecule has 45 heavy (non-hydrogen) atoms. The average molecular weight is 635 g/mol. The second kappa shape index (κ2) is 16.4. The van der Waals surface area contributed by atoms with Gasteiger partial charge in [-0.1, -0.05) is 84.9 Å². The van der Waals surface area contributed by atoms with Gasteiger partial charge in [-0.05, 0) is 49.4 Å². The van der Waals surface area contributed by atoms with Crippen molar-refractivity contribution >= 4 is 41.2 Å². The Labute approximate surface area is 268 Å². The van der Waals surface area contributed by atoms with Gasteiger partial charge in [-0.25, -0.2) is 4.79 Å². The van der Waals surface area contributed by atoms with Crippen molar-refractivity contribution in [1.82, 2.24) is 16.0 Å². The number of alkyl carbamates (subject to hydrolysis) is 1. The molecule has 5 N–H and O–H groups in total. The summed E-state index contributed by atoms with van der Waals surface area (Å²) in [5.74, 6) is -3.21. The summed E-state index contributed by atoms with van der Waals surface area (Å²) in [6.07, 6.45) is -1.20. The summed E-state index contributed by atoms with van der Waals surface area (Å²) in [5, 5.41) is 7.74. The van der Waals surface area contributed by atoms with Crippen LogP contribution in [0.3, 0.4) is 0 Å². The summed E-state index contributed by atoms with van der Waals surface area (Å²) in [4.78, 5) is 64.4. The molecule has 4 amide bonds. The van der Waals surface area contributed by atoms with Crippen molar-refractivity contribution < 1.29 is 28.7 Å². The Kier molecular flexibility index (Phi) is 12.7. The van der Waals surface area contributed by atoms with Crippen LogP contribution in [0.1, 0.15) is 38.3 Å². The average Bonchev–Trinajstić information content (AvgIpc) is 2.99. The number of halogens is 1. The van der Waals surface area contributed by atoms with Crippen LogP contribution in [0.2, 0.25) is 0 Å². The molecule has 0 radical (unpaired) electrons. The second-order valence-electron chi connectivity index (χ2n) is 11.6. The Morgan fingerprint density at radius 3 is 1.84 bits per heavy atom. The zero-order chi connectivity index (χ0) is 33.0. The molecule has 11 heteroatoms. The fraction of sp³-hybridized carbons (Fsp3) is 0.324. The molecule has 0 heterocycles. The van der Waals surface area contributed by atoms with E-state index in [1.807, 2.05) is 60.7 Å². The van der Waals surface area contributed by atoms with E-state index in [-0.39, 0.29) is 18.7 Å². The number of amides is 4. The standard InChI is InChI=1S/C34H39ClN4O6/c1-34(2,3)45-33(44)39-27(19-23-13-10-16-25(17-23)24-14-8-5-9-15-24)31(42)38-28(20-30(36)41)32(43)37-26(29(40)21-35)18-22-11-6-4-7-12-22/h4-17,26-28H,18-21H2,1-3H3,(H2,36,41)(H,37,43)(H,38,42)(H,39,44)/t26-,27-,28-/m0/s1. The number of nitrogens with two attached hydrogens (primary N) is 1. The number of nitrogens with one attached hydrogen (secondary N) is 3. The molecular weight excluding hydrogens is 596 g/mol. The molecule has 3 atom stereocenters. The van der Waals surface area contributed by atoms with Gasteiger partial charge in [-0.15, -0.1) is 11.6 Å². The quantitative estimate of drug-likeness (QED) is 0.198. The van der Waals surface area contributed by atoms with Gasteiger partial charge >= 0.3 is 6.09 Å². The number of Topliss-reactive ketones (excluding diaryl/α,β-unsaturated/α-hetero) is 1. The number of ether oxygens (including phenoxy) is 1. The Morgan fingerprint density at radius 1 is 0.711 bits per heavy atom. The fourth-order valence-corrected chi connectivity index (χ4v) is 4.73. The molecule has 0 saturated heterocycles. The van der Waals surface area contributed by atoms with E-state index in [1.165, 1.54) is 0 Å². The third kappa shape index (κ3) is 11.7. The van der Waals surface area contributed by atoms with Gasteiger partial charge < -0.3 is 26.4 Å². The minimum atomic E-state index is -1.44. The van der Waals surface area contributed by atoms with Crippen LogP contribution in [-0.4, -0.2) is 59.2 Å². The molecule has 0 saturated carbocycles. The maximum Gasteiger partial charge on any atom is 0.408 e. The number of benzene rings is 3. The topological polar surface area (TPSA) is 157 Å². The van der Waals surface area contributed by atoms with Crippen LogP contribution in [0, 0.1) is 0 Å². The zero-order valence-corrected chi connectivity index (χ0v) is 26.3. The Balaban J connectivity index is 1.85. The van der Waals surface area contributed by atoms with Crippen molar-refractivity contribution in [3.8, 4) is 11.1 Å². The van der Waals surface area contributed by atoms with Gasteiger partial charge in [-0.3, -0.25) is 19.2 Å². The highest BCUT2D eigenvalue weighted by Crippen LogP contribution is 2.21. The largest absolute Gasteiger partial charge is 0.444 e. The number of alkyl halides is 1. The summed E-state index contributed by atoms with van der Waals surface area (Å²) in [5.41, 5.74) is 7.95. The van der Waals surface area contributed by atoms with E-state index in [0.717, 1.165) is 22.3 Å². The molecule has 3 aromatic rings. The van der Waals surface area contributed by atoms with Crippen molar-refractivity contribution in [2.24, 2.45) is 5.73 Å². The number of primary amides is 1. The van der Waals surface area contributed by atoms with Gasteiger partial charge in [0.15, 0.2) is 5.78 Å². The lowest BCUT2D eigenvalue weighted by Crippen LogP contribution is -2.57. The first-order valence-corrected chi connectivity index (χ1v) is 15.0. The Morgan fingerprint density at radius 2 is 1.24 bits per heavy atom. The van der Waals surface area contributed by atoms with Gasteiger partial charge in [0.25, 0.3) is 0 Å². The maximum absolute atomic E-state index is 13.7. The maximum atomic E-state index is 13.7. The van der Waals surface area contributed by atoms with E-state index < -0.39 is 59.7 Å². The molecule has 0 aliphatic rings. The SMILES string of the molecule is CC(C)(C)OC(=O)N[C@@H](Cc1cccc(-c2ccccc2)c1)C(=O)N[C@@H](CC(N)=O)C(=O)N[C@@H](Cc1ccccc1)C(=O)CCl. The van der Waals surface area contributed by atoms with E-state index >= 15 is 0 Å². The number of carbonyl (C=O) groups is 5. The van der Waals surface area contributed by atoms with Crippen LogP contribution >= 0.6 is 11.6 Å². The predicted octanol–water partition coefficient (Wildman–Crippen LogP) is 3.69. The summed E-state index contributed by atoms with van der Waals surface area (Å²) < 4.78 is 5.38. The van der Waals surface area contributed by atoms with E-state index in [4.69, 9.17) is 22.1 Å². The Hall–Kier alpha value is -4.70. The highest BCUT2D eigenvalue weighted by atomic mass is 35.5. The monoisotopic (exact) mass is 634 g/mol. The van der Waals surface area contributed by atoms with Crippen LogP contribution in [0.5, 0.6) is 0 Å². The fourth-order valence-electron chi connectivity index (χ4n) is 4.55. The van der Waals surface area contributed by atoms with Crippen molar-refractivity contribution in [3.05, 3.63) is 96.1 Å². The molecule has 10 nitrogen and oxygen atoms in total. The molecule has 0 aliphatic carbocycles. The molecule has 0 unspecified atom stereocenters. The number of ketones is 1. The molecule has 0 spiro atoms. The minimum Gasteiger partial charge on any atom is -0.444 e. The molecular formula is C34H39ClN4O6. The zero-order valence-electron chi connectivity index (χ0n) is 25.5. The molecule has 0 bridgehead atoms. The van der Waals surface area contributed by atoms with E-state index in [2.05, 4.69) is 16.0 Å². The summed E-state index contributed by atoms with van der Waals surface area (Å²) in [6, 6.07) is 22.5. The van der Waals surface area contributed by atoms with E-state index in [9.17, 15) is 24.0 Å². The predicted molar refractivity (Wildman–Crippen MR) is 172 cm³/mol. The number of rotatable bonds is 14. The Bertz CT molecular complexity index is 1480. The van der Waals surface area contributed by atoms with Crippen LogP contribution in [-0.2, 0) is 36.8 Å². The lowest BCUT2D eigenvalue weighted by atomic mass is 9.98. The van der Waals surface area contributed by atoms with Crippen LogP contribution in [0.25, 0.3) is 11.1 Å². The van der Waals surface area contributed by atoms with Crippen molar-refractivity contribution in [2.45, 2.75) is 63.8 Å². The summed E-state index contributed by atoms with van der Waals surface area (Å²) in [6.45, 7) is 5.06. The molecule has 0 aromatic heterocycles. The minimum absolute atomic E-state index is 0.0397. The molecule has 3 aromatic carbocycles. The molecule has 238 valence electrons. The molecule has 0 fully saturated rings. The van der Waals surface area contributed by atoms with Crippen LogP contribution in [0.4, 0.5) is 4.79 Å². The van der Waals surface area contributed by atoms with Gasteiger partial charge in [0.05, 0.1) is 18.3 Å². The lowest BCUT2D eigenvalue weighted by Gasteiger charge is -2.26. The first kappa shape index (κ1) is 34.8. The lowest BCUT2D eigenvalue weighted by molar-refractivity contribution is -0.133. The van der Waals surface area contributed by atoms with Crippen molar-refractivity contribution in [1.29, 1.82) is 0 Å². The van der Waals surface area contributed by atoms with Crippen molar-refractivity contribution in [2.75, 3.05) is 5.88 Å². The number of hydrogen-bond donors (Lipinski definition) is 4. The highest BCUT2D eigenvalue weighted by Gasteiger charge is 2.31. The third-order valence-corrected chi connectivity index (χ3v) is 6.90. The van der Waals surface area contributed by atoms with E-state index in [1.54, 1.807) is 45.0 Å². The van der Waals surface area contributed by atoms with Gasteiger partial charge in [0.1, 0.15) is 17.7 Å². The second-order valence-corrected chi connectivity index (χ2v) is 11.8. The van der Waals surface area contributed by atoms with Crippen LogP contribution < -0.4 is 21.7 Å². The van der Waals surface area contributed by atoms with Crippen LogP contribution in [0.15, 0.2) is 84.9 Å². The van der Waals surface area contributed by atoms with Gasteiger partial charge in [0.2, 0.25) is 17.7 Å². The smallest absolute Gasteiger partial charge is 0.408 e. The first-order valence-electron chi connectivity index (χ1n) is 14.5. The highest BCUT2D eigenvalue weighted by molar-refractivity contribution is 6.28. The number of hydrogen-bond acceptors (Lipinski definition) is 6. The summed E-state index contributed by atoms with van der Waals surface area (Å²) >= 11 is 5.81. The van der Waals surface area contributed by atoms with Gasteiger partial charge in [0, 0.05) is 6.42 Å². The third-order valence-electron chi connectivity index (χ3n) is 6.64. The number of carbonyl (C=O) groups excluding carboxylic acids is 5. The molecule has 3 rings (SSSR count). The van der Waals surface area contributed by atoms with Crippen molar-refractivity contribution in [3.63, 3.8) is 0 Å². The summed E-state index contributed by atoms with van der Waals surface area (Å²) in [7, 11) is 0. The normalized spacial score (nSPS) is 13.1. The first-order chi connectivity index (χ1) is 21.3. The molecule has 0 aliphatic heterocycles. The van der Waals surface area contributed by atoms with E-state index in [0.29, 0.717) is 0 Å². The van der Waals surface area contributed by atoms with Gasteiger partial charge in [-0.2, -0.15) is 0 Å².